The summed E-state index contributed by atoms with van der Waals surface area (Å²) in [7, 11) is 0. The van der Waals surface area contributed by atoms with Gasteiger partial charge >= 0.3 is 0 Å². The molecule has 6 heteroatoms. The summed E-state index contributed by atoms with van der Waals surface area (Å²) in [6.45, 7) is 5.30. The lowest BCUT2D eigenvalue weighted by Gasteiger charge is -2.21. The van der Waals surface area contributed by atoms with Crippen LogP contribution in [0.5, 0.6) is 0 Å². The van der Waals surface area contributed by atoms with Crippen molar-refractivity contribution >= 4 is 17.3 Å². The average molecular weight is 285 g/mol. The highest BCUT2D eigenvalue weighted by Gasteiger charge is 2.17. The van der Waals surface area contributed by atoms with E-state index in [-0.39, 0.29) is 16.8 Å². The van der Waals surface area contributed by atoms with Gasteiger partial charge in [0.2, 0.25) is 0 Å². The van der Waals surface area contributed by atoms with Crippen LogP contribution in [0.1, 0.15) is 18.9 Å². The highest BCUT2D eigenvalue weighted by atomic mass is 35.5. The number of rotatable bonds is 3. The summed E-state index contributed by atoms with van der Waals surface area (Å²) in [6.07, 6.45) is 1.19. The molecular weight excluding hydrogens is 268 g/mol. The van der Waals surface area contributed by atoms with Gasteiger partial charge in [0.25, 0.3) is 5.69 Å². The van der Waals surface area contributed by atoms with E-state index in [1.807, 2.05) is 13.0 Å². The molecule has 0 N–H and O–H groups in total. The molecule has 1 aliphatic rings. The molecule has 0 aliphatic carbocycles. The predicted molar refractivity (Wildman–Crippen MR) is 73.4 cm³/mol. The van der Waals surface area contributed by atoms with Crippen LogP contribution in [0.4, 0.5) is 5.69 Å². The van der Waals surface area contributed by atoms with Crippen LogP contribution in [0, 0.1) is 10.1 Å². The smallest absolute Gasteiger partial charge is 0.288 e. The van der Waals surface area contributed by atoms with Gasteiger partial charge in [-0.3, -0.25) is 15.0 Å². The molecule has 1 aromatic carbocycles. The monoisotopic (exact) mass is 284 g/mol. The van der Waals surface area contributed by atoms with Gasteiger partial charge in [0.15, 0.2) is 0 Å². The summed E-state index contributed by atoms with van der Waals surface area (Å²) in [5.74, 6) is 0. The number of nitro benzene ring substituents is 1. The van der Waals surface area contributed by atoms with Gasteiger partial charge in [-0.15, -0.1) is 0 Å². The Kier molecular flexibility index (Phi) is 4.74. The van der Waals surface area contributed by atoms with E-state index in [1.54, 1.807) is 12.1 Å². The summed E-state index contributed by atoms with van der Waals surface area (Å²) in [5.41, 5.74) is 0.878. The van der Waals surface area contributed by atoms with Crippen molar-refractivity contribution in [3.8, 4) is 0 Å². The fraction of sp³-hybridized carbons (Fsp3) is 0.538. The largest absolute Gasteiger partial charge is 0.377 e. The van der Waals surface area contributed by atoms with Gasteiger partial charge in [-0.1, -0.05) is 17.7 Å². The van der Waals surface area contributed by atoms with Gasteiger partial charge in [0, 0.05) is 32.3 Å². The Morgan fingerprint density at radius 1 is 1.58 bits per heavy atom. The van der Waals surface area contributed by atoms with Gasteiger partial charge in [0.1, 0.15) is 5.02 Å². The zero-order chi connectivity index (χ0) is 13.8. The van der Waals surface area contributed by atoms with Crippen molar-refractivity contribution in [2.24, 2.45) is 0 Å². The summed E-state index contributed by atoms with van der Waals surface area (Å²) in [5, 5.41) is 11.0. The van der Waals surface area contributed by atoms with Crippen molar-refractivity contribution in [3.05, 3.63) is 38.9 Å². The Morgan fingerprint density at radius 3 is 3.11 bits per heavy atom. The third-order valence-corrected chi connectivity index (χ3v) is 3.47. The fourth-order valence-corrected chi connectivity index (χ4v) is 2.47. The molecule has 0 radical (unpaired) electrons. The Bertz CT molecular complexity index is 467. The molecule has 1 aliphatic heterocycles. The molecule has 1 unspecified atom stereocenters. The average Bonchev–Trinajstić information content (AvgIpc) is 2.56. The van der Waals surface area contributed by atoms with Crippen LogP contribution < -0.4 is 0 Å². The van der Waals surface area contributed by atoms with Crippen LogP contribution in [0.3, 0.4) is 0 Å². The van der Waals surface area contributed by atoms with Crippen molar-refractivity contribution in [1.29, 1.82) is 0 Å². The van der Waals surface area contributed by atoms with Crippen LogP contribution >= 0.6 is 11.6 Å². The van der Waals surface area contributed by atoms with Crippen LogP contribution in [0.15, 0.2) is 18.2 Å². The maximum atomic E-state index is 10.9. The molecular formula is C13H17ClN2O3. The molecule has 5 nitrogen and oxygen atoms in total. The van der Waals surface area contributed by atoms with Crippen molar-refractivity contribution in [2.75, 3.05) is 19.7 Å². The molecule has 0 saturated carbocycles. The van der Waals surface area contributed by atoms with Crippen molar-refractivity contribution in [3.63, 3.8) is 0 Å². The second kappa shape index (κ2) is 6.32. The van der Waals surface area contributed by atoms with Gasteiger partial charge in [0.05, 0.1) is 11.0 Å². The van der Waals surface area contributed by atoms with Crippen LogP contribution in [-0.2, 0) is 11.3 Å². The number of hydrogen-bond acceptors (Lipinski definition) is 4. The van der Waals surface area contributed by atoms with Crippen molar-refractivity contribution in [2.45, 2.75) is 26.0 Å². The molecule has 104 valence electrons. The molecule has 0 spiro atoms. The van der Waals surface area contributed by atoms with E-state index in [0.717, 1.165) is 31.7 Å². The third-order valence-electron chi connectivity index (χ3n) is 3.15. The first-order valence-corrected chi connectivity index (χ1v) is 6.71. The van der Waals surface area contributed by atoms with E-state index in [4.69, 9.17) is 16.3 Å². The highest BCUT2D eigenvalue weighted by molar-refractivity contribution is 6.32. The lowest BCUT2D eigenvalue weighted by atomic mass is 10.2. The lowest BCUT2D eigenvalue weighted by Crippen LogP contribution is -2.29. The number of nitrogens with zero attached hydrogens (tertiary/aromatic N) is 2. The molecule has 1 saturated heterocycles. The first kappa shape index (κ1) is 14.2. The second-order valence-electron chi connectivity index (χ2n) is 4.81. The normalized spacial score (nSPS) is 21.1. The van der Waals surface area contributed by atoms with E-state index in [9.17, 15) is 10.1 Å². The van der Waals surface area contributed by atoms with Crippen LogP contribution in [0.2, 0.25) is 5.02 Å². The topological polar surface area (TPSA) is 55.6 Å². The minimum atomic E-state index is -0.444. The number of ether oxygens (including phenoxy) is 1. The molecule has 1 aromatic rings. The standard InChI is InChI=1S/C13H17ClN2O3/c1-10-8-15(5-2-6-19-10)9-11-3-4-12(14)13(7-11)16(17)18/h3-4,7,10H,2,5-6,8-9H2,1H3. The van der Waals surface area contributed by atoms with E-state index < -0.39 is 4.92 Å². The zero-order valence-corrected chi connectivity index (χ0v) is 11.6. The van der Waals surface area contributed by atoms with Gasteiger partial charge in [-0.2, -0.15) is 0 Å². The van der Waals surface area contributed by atoms with Gasteiger partial charge < -0.3 is 4.74 Å². The van der Waals surface area contributed by atoms with Crippen LogP contribution in [0.25, 0.3) is 0 Å². The minimum Gasteiger partial charge on any atom is -0.377 e. The summed E-state index contributed by atoms with van der Waals surface area (Å²) in [4.78, 5) is 12.7. The summed E-state index contributed by atoms with van der Waals surface area (Å²) < 4.78 is 5.58. The lowest BCUT2D eigenvalue weighted by molar-refractivity contribution is -0.384. The fourth-order valence-electron chi connectivity index (χ4n) is 2.28. The number of hydrogen-bond donors (Lipinski definition) is 0. The molecule has 0 aromatic heterocycles. The Morgan fingerprint density at radius 2 is 2.37 bits per heavy atom. The first-order chi connectivity index (χ1) is 9.06. The van der Waals surface area contributed by atoms with Gasteiger partial charge in [-0.05, 0) is 25.0 Å². The summed E-state index contributed by atoms with van der Waals surface area (Å²) in [6, 6.07) is 4.98. The molecule has 0 bridgehead atoms. The zero-order valence-electron chi connectivity index (χ0n) is 10.8. The highest BCUT2D eigenvalue weighted by Crippen LogP contribution is 2.25. The molecule has 1 heterocycles. The van der Waals surface area contributed by atoms with Crippen molar-refractivity contribution in [1.82, 2.24) is 4.90 Å². The SMILES string of the molecule is CC1CN(Cc2ccc(Cl)c([N+](=O)[O-])c2)CCCO1. The van der Waals surface area contributed by atoms with Crippen molar-refractivity contribution < 1.29 is 9.66 Å². The minimum absolute atomic E-state index is 0.0294. The maximum absolute atomic E-state index is 10.9. The molecule has 1 fully saturated rings. The maximum Gasteiger partial charge on any atom is 0.288 e. The third kappa shape index (κ3) is 3.89. The molecule has 0 amide bonds. The molecule has 1 atom stereocenters. The summed E-state index contributed by atoms with van der Waals surface area (Å²) >= 11 is 5.81. The Hall–Kier alpha value is -1.17. The number of halogens is 1. The quantitative estimate of drug-likeness (QED) is 0.633. The molecule has 2 rings (SSSR count). The number of nitro groups is 1. The Balaban J connectivity index is 2.10. The van der Waals surface area contributed by atoms with Gasteiger partial charge in [-0.25, -0.2) is 0 Å². The second-order valence-corrected chi connectivity index (χ2v) is 5.22. The Labute approximate surface area is 117 Å². The van der Waals surface area contributed by atoms with E-state index in [1.165, 1.54) is 0 Å². The van der Waals surface area contributed by atoms with E-state index >= 15 is 0 Å². The van der Waals surface area contributed by atoms with Crippen LogP contribution in [-0.4, -0.2) is 35.6 Å². The van der Waals surface area contributed by atoms with E-state index in [2.05, 4.69) is 4.90 Å². The number of benzene rings is 1. The molecule has 19 heavy (non-hydrogen) atoms. The first-order valence-electron chi connectivity index (χ1n) is 6.33. The predicted octanol–water partition coefficient (Wildman–Crippen LogP) is 2.86. The van der Waals surface area contributed by atoms with E-state index in [0.29, 0.717) is 6.54 Å².